The van der Waals surface area contributed by atoms with Crippen LogP contribution in [0.15, 0.2) is 55.1 Å². The van der Waals surface area contributed by atoms with E-state index in [1.165, 1.54) is 25.7 Å². The van der Waals surface area contributed by atoms with Crippen molar-refractivity contribution < 1.29 is 9.90 Å². The van der Waals surface area contributed by atoms with E-state index in [0.717, 1.165) is 65.8 Å². The molecule has 0 aliphatic heterocycles. The molecule has 184 valence electrons. The fourth-order valence-corrected chi connectivity index (χ4v) is 5.64. The van der Waals surface area contributed by atoms with Crippen LogP contribution < -0.4 is 10.6 Å². The zero-order chi connectivity index (χ0) is 24.2. The number of rotatable bonds is 7. The highest BCUT2D eigenvalue weighted by molar-refractivity contribution is 5.95. The van der Waals surface area contributed by atoms with Crippen LogP contribution in [0.2, 0.25) is 0 Å². The maximum Gasteiger partial charge on any atom is 0.228 e. The van der Waals surface area contributed by atoms with Gasteiger partial charge in [0.1, 0.15) is 12.1 Å². The molecule has 5 rings (SSSR count). The van der Waals surface area contributed by atoms with Crippen molar-refractivity contribution in [2.75, 3.05) is 5.32 Å². The van der Waals surface area contributed by atoms with E-state index >= 15 is 0 Å². The number of aliphatic hydroxyl groups excluding tert-OH is 1. The number of fused-ring (bicyclic) bond motifs is 1. The average molecular weight is 473 g/mol. The zero-order valence-corrected chi connectivity index (χ0v) is 20.3. The summed E-state index contributed by atoms with van der Waals surface area (Å²) in [4.78, 5) is 21.0. The first kappa shape index (κ1) is 23.8. The molecule has 1 aromatic heterocycles. The Bertz CT molecular complexity index is 1160. The van der Waals surface area contributed by atoms with Crippen molar-refractivity contribution >= 4 is 22.6 Å². The zero-order valence-electron chi connectivity index (χ0n) is 20.3. The van der Waals surface area contributed by atoms with E-state index in [4.69, 9.17) is 4.98 Å². The van der Waals surface area contributed by atoms with Crippen molar-refractivity contribution in [2.24, 2.45) is 11.8 Å². The highest BCUT2D eigenvalue weighted by Gasteiger charge is 2.29. The van der Waals surface area contributed by atoms with Crippen LogP contribution in [0.3, 0.4) is 0 Å². The molecule has 3 unspecified atom stereocenters. The summed E-state index contributed by atoms with van der Waals surface area (Å²) in [5.41, 5.74) is 4.32. The number of carbonyl (C=O) groups excluding carboxylic acids is 1. The van der Waals surface area contributed by atoms with E-state index < -0.39 is 6.23 Å². The summed E-state index contributed by atoms with van der Waals surface area (Å²) in [6.45, 7) is 3.93. The molecule has 1 amide bonds. The number of aromatic amines is 1. The van der Waals surface area contributed by atoms with Gasteiger partial charge in [-0.3, -0.25) is 10.1 Å². The third kappa shape index (κ3) is 5.49. The SMILES string of the molecule is C=CC1CCCCC1C(=O)Nc1ccc2nc(-c3ccc(C(O)NC4CCCCC4)cc3)[nH]c2c1. The molecule has 35 heavy (non-hydrogen) atoms. The summed E-state index contributed by atoms with van der Waals surface area (Å²) in [5, 5.41) is 17.1. The summed E-state index contributed by atoms with van der Waals surface area (Å²) >= 11 is 0. The first-order valence-corrected chi connectivity index (χ1v) is 13.1. The Balaban J connectivity index is 1.26. The summed E-state index contributed by atoms with van der Waals surface area (Å²) in [6.07, 6.45) is 11.5. The Labute approximate surface area is 207 Å². The summed E-state index contributed by atoms with van der Waals surface area (Å²) in [6, 6.07) is 14.1. The van der Waals surface area contributed by atoms with Crippen molar-refractivity contribution in [1.82, 2.24) is 15.3 Å². The van der Waals surface area contributed by atoms with Gasteiger partial charge in [0.15, 0.2) is 0 Å². The van der Waals surface area contributed by atoms with Crippen molar-refractivity contribution in [1.29, 1.82) is 0 Å². The fourth-order valence-electron chi connectivity index (χ4n) is 5.64. The molecule has 2 aliphatic carbocycles. The molecule has 6 heteroatoms. The molecule has 4 N–H and O–H groups in total. The number of carbonyl (C=O) groups is 1. The first-order valence-electron chi connectivity index (χ1n) is 13.1. The highest BCUT2D eigenvalue weighted by atomic mass is 16.3. The molecule has 2 saturated carbocycles. The van der Waals surface area contributed by atoms with Gasteiger partial charge in [-0.15, -0.1) is 6.58 Å². The fraction of sp³-hybridized carbons (Fsp3) is 0.448. The van der Waals surface area contributed by atoms with Gasteiger partial charge in [-0.1, -0.05) is 62.4 Å². The van der Waals surface area contributed by atoms with Gasteiger partial charge < -0.3 is 15.4 Å². The van der Waals surface area contributed by atoms with Gasteiger partial charge in [0.25, 0.3) is 0 Å². The Morgan fingerprint density at radius 1 is 1.03 bits per heavy atom. The lowest BCUT2D eigenvalue weighted by Gasteiger charge is -2.28. The number of imidazole rings is 1. The van der Waals surface area contributed by atoms with Crippen LogP contribution in [-0.2, 0) is 4.79 Å². The Kier molecular flexibility index (Phi) is 7.30. The van der Waals surface area contributed by atoms with Gasteiger partial charge in [0, 0.05) is 23.2 Å². The number of H-pyrrole nitrogens is 1. The second-order valence-electron chi connectivity index (χ2n) is 10.1. The van der Waals surface area contributed by atoms with E-state index in [9.17, 15) is 9.90 Å². The molecule has 3 atom stereocenters. The summed E-state index contributed by atoms with van der Waals surface area (Å²) in [7, 11) is 0. The lowest BCUT2D eigenvalue weighted by molar-refractivity contribution is -0.121. The van der Waals surface area contributed by atoms with Crippen LogP contribution in [0.1, 0.15) is 69.6 Å². The molecular formula is C29H36N4O2. The van der Waals surface area contributed by atoms with Crippen LogP contribution in [0, 0.1) is 11.8 Å². The molecule has 2 fully saturated rings. The maximum atomic E-state index is 12.9. The van der Waals surface area contributed by atoms with E-state index in [1.54, 1.807) is 0 Å². The standard InChI is InChI=1S/C29H36N4O2/c1-2-19-8-6-7-11-24(19)29(35)31-23-16-17-25-26(18-23)33-27(32-25)20-12-14-21(15-13-20)28(34)30-22-9-4-3-5-10-22/h2,12-19,22,24,28,30,34H,1,3-11H2,(H,31,35)(H,32,33). The Morgan fingerprint density at radius 2 is 1.77 bits per heavy atom. The van der Waals surface area contributed by atoms with Crippen LogP contribution in [0.25, 0.3) is 22.4 Å². The average Bonchev–Trinajstić information content (AvgIpc) is 3.33. The summed E-state index contributed by atoms with van der Waals surface area (Å²) in [5.74, 6) is 1.09. The Hall–Kier alpha value is -2.96. The molecule has 0 spiro atoms. The molecule has 0 bridgehead atoms. The van der Waals surface area contributed by atoms with Crippen molar-refractivity contribution in [2.45, 2.75) is 70.1 Å². The van der Waals surface area contributed by atoms with Crippen LogP contribution in [0.4, 0.5) is 5.69 Å². The van der Waals surface area contributed by atoms with Crippen LogP contribution >= 0.6 is 0 Å². The quantitative estimate of drug-likeness (QED) is 0.248. The smallest absolute Gasteiger partial charge is 0.228 e. The minimum Gasteiger partial charge on any atom is -0.374 e. The number of aromatic nitrogens is 2. The highest BCUT2D eigenvalue weighted by Crippen LogP contribution is 2.32. The van der Waals surface area contributed by atoms with Crippen molar-refractivity contribution in [3.05, 3.63) is 60.7 Å². The third-order valence-corrected chi connectivity index (χ3v) is 7.71. The normalized spacial score (nSPS) is 22.1. The van der Waals surface area contributed by atoms with Crippen molar-refractivity contribution in [3.63, 3.8) is 0 Å². The molecule has 2 aliphatic rings. The number of allylic oxidation sites excluding steroid dienone is 1. The number of benzene rings is 2. The van der Waals surface area contributed by atoms with Gasteiger partial charge in [-0.2, -0.15) is 0 Å². The van der Waals surface area contributed by atoms with E-state index in [0.29, 0.717) is 6.04 Å². The van der Waals surface area contributed by atoms with Crippen LogP contribution in [-0.4, -0.2) is 27.0 Å². The predicted octanol–water partition coefficient (Wildman–Crippen LogP) is 6.07. The van der Waals surface area contributed by atoms with E-state index in [1.807, 2.05) is 48.5 Å². The minimum atomic E-state index is -0.654. The molecular weight excluding hydrogens is 436 g/mol. The molecule has 2 aromatic carbocycles. The number of anilines is 1. The number of nitrogens with zero attached hydrogens (tertiary/aromatic N) is 1. The first-order chi connectivity index (χ1) is 17.1. The lowest BCUT2D eigenvalue weighted by atomic mass is 9.79. The summed E-state index contributed by atoms with van der Waals surface area (Å²) < 4.78 is 0. The number of hydrogen-bond donors (Lipinski definition) is 4. The minimum absolute atomic E-state index is 0.00394. The van der Waals surface area contributed by atoms with Crippen LogP contribution in [0.5, 0.6) is 0 Å². The van der Waals surface area contributed by atoms with Gasteiger partial charge in [-0.25, -0.2) is 4.98 Å². The lowest BCUT2D eigenvalue weighted by Crippen LogP contribution is -2.34. The Morgan fingerprint density at radius 3 is 2.54 bits per heavy atom. The molecule has 1 heterocycles. The number of nitrogens with one attached hydrogen (secondary N) is 3. The largest absolute Gasteiger partial charge is 0.374 e. The van der Waals surface area contributed by atoms with Crippen molar-refractivity contribution in [3.8, 4) is 11.4 Å². The molecule has 3 aromatic rings. The number of hydrogen-bond acceptors (Lipinski definition) is 4. The monoisotopic (exact) mass is 472 g/mol. The second kappa shape index (κ2) is 10.8. The molecule has 0 radical (unpaired) electrons. The van der Waals surface area contributed by atoms with Gasteiger partial charge in [0.05, 0.1) is 11.0 Å². The van der Waals surface area contributed by atoms with E-state index in [-0.39, 0.29) is 17.7 Å². The number of aliphatic hydroxyl groups is 1. The van der Waals surface area contributed by atoms with Gasteiger partial charge in [0.2, 0.25) is 5.91 Å². The topological polar surface area (TPSA) is 90.0 Å². The maximum absolute atomic E-state index is 12.9. The molecule has 0 saturated heterocycles. The molecule has 6 nitrogen and oxygen atoms in total. The number of amides is 1. The van der Waals surface area contributed by atoms with Gasteiger partial charge >= 0.3 is 0 Å². The second-order valence-corrected chi connectivity index (χ2v) is 10.1. The third-order valence-electron chi connectivity index (χ3n) is 7.71. The van der Waals surface area contributed by atoms with E-state index in [2.05, 4.69) is 22.2 Å². The predicted molar refractivity (Wildman–Crippen MR) is 141 cm³/mol. The van der Waals surface area contributed by atoms with Gasteiger partial charge in [-0.05, 0) is 55.4 Å².